The van der Waals surface area contributed by atoms with Crippen molar-refractivity contribution >= 4 is 21.8 Å². The predicted molar refractivity (Wildman–Crippen MR) is 75.7 cm³/mol. The predicted octanol–water partition coefficient (Wildman–Crippen LogP) is 3.10. The van der Waals surface area contributed by atoms with E-state index in [-0.39, 0.29) is 10.7 Å². The van der Waals surface area contributed by atoms with Gasteiger partial charge in [-0.25, -0.2) is 0 Å². The van der Waals surface area contributed by atoms with Crippen LogP contribution >= 0.6 is 15.9 Å². The lowest BCUT2D eigenvalue weighted by Gasteiger charge is -2.13. The molecule has 4 heteroatoms. The number of alkyl halides is 1. The van der Waals surface area contributed by atoms with Crippen LogP contribution in [0.4, 0.5) is 0 Å². The molecule has 0 aromatic heterocycles. The smallest absolute Gasteiger partial charge is 0.251 e. The summed E-state index contributed by atoms with van der Waals surface area (Å²) in [5.74, 6) is 0.452. The molecule has 18 heavy (non-hydrogen) atoms. The minimum Gasteiger partial charge on any atom is -0.351 e. The van der Waals surface area contributed by atoms with E-state index in [2.05, 4.69) is 35.1 Å². The number of halogens is 1. The molecule has 0 aliphatic heterocycles. The summed E-state index contributed by atoms with van der Waals surface area (Å²) in [6, 6.07) is 8.73. The number of carbonyl (C=O) groups is 1. The Bertz CT molecular complexity index is 451. The normalized spacial score (nSPS) is 11.9. The topological polar surface area (TPSA) is 52.9 Å². The number of hydrogen-bond acceptors (Lipinski definition) is 2. The molecule has 0 aliphatic rings. The first-order valence-electron chi connectivity index (χ1n) is 5.95. The Kier molecular flexibility index (Phi) is 5.87. The maximum Gasteiger partial charge on any atom is 0.251 e. The van der Waals surface area contributed by atoms with Crippen molar-refractivity contribution < 1.29 is 4.79 Å². The van der Waals surface area contributed by atoms with E-state index in [0.29, 0.717) is 23.6 Å². The number of nitrogens with one attached hydrogen (secondary N) is 1. The summed E-state index contributed by atoms with van der Waals surface area (Å²) in [6.07, 6.45) is 1.01. The second kappa shape index (κ2) is 7.17. The van der Waals surface area contributed by atoms with Gasteiger partial charge in [0, 0.05) is 16.9 Å². The molecule has 1 aromatic rings. The molecule has 0 heterocycles. The summed E-state index contributed by atoms with van der Waals surface area (Å²) < 4.78 is 0. The van der Waals surface area contributed by atoms with Crippen LogP contribution in [0.5, 0.6) is 0 Å². The lowest BCUT2D eigenvalue weighted by atomic mass is 10.1. The summed E-state index contributed by atoms with van der Waals surface area (Å²) >= 11 is 3.54. The maximum atomic E-state index is 11.9. The number of carbonyl (C=O) groups excluding carboxylic acids is 1. The summed E-state index contributed by atoms with van der Waals surface area (Å²) in [4.78, 5) is 12.1. The van der Waals surface area contributed by atoms with E-state index in [9.17, 15) is 4.79 Å². The molecule has 0 radical (unpaired) electrons. The van der Waals surface area contributed by atoms with Crippen LogP contribution < -0.4 is 5.32 Å². The molecule has 0 bridgehead atoms. The zero-order chi connectivity index (χ0) is 13.5. The minimum atomic E-state index is -0.139. The van der Waals surface area contributed by atoms with Gasteiger partial charge in [-0.3, -0.25) is 4.79 Å². The second-order valence-corrected chi connectivity index (χ2v) is 5.92. The Morgan fingerprint density at radius 3 is 2.83 bits per heavy atom. The van der Waals surface area contributed by atoms with Crippen LogP contribution in [-0.2, 0) is 0 Å². The Labute approximate surface area is 116 Å². The van der Waals surface area contributed by atoms with Gasteiger partial charge in [-0.15, -0.1) is 0 Å². The monoisotopic (exact) mass is 308 g/mol. The van der Waals surface area contributed by atoms with Crippen molar-refractivity contribution in [2.45, 2.75) is 25.1 Å². The zero-order valence-corrected chi connectivity index (χ0v) is 12.2. The van der Waals surface area contributed by atoms with Crippen molar-refractivity contribution in [2.75, 3.05) is 6.54 Å². The Hall–Kier alpha value is -1.34. The zero-order valence-electron chi connectivity index (χ0n) is 10.6. The summed E-state index contributed by atoms with van der Waals surface area (Å²) in [6.45, 7) is 4.88. The highest BCUT2D eigenvalue weighted by atomic mass is 79.9. The largest absolute Gasteiger partial charge is 0.351 e. The summed E-state index contributed by atoms with van der Waals surface area (Å²) in [5.41, 5.74) is 1.03. The molecule has 1 amide bonds. The van der Waals surface area contributed by atoms with Gasteiger partial charge in [0.25, 0.3) is 5.91 Å². The number of nitrogens with zero attached hydrogens (tertiary/aromatic N) is 1. The molecular weight excluding hydrogens is 292 g/mol. The first kappa shape index (κ1) is 14.7. The van der Waals surface area contributed by atoms with Crippen LogP contribution in [0, 0.1) is 17.2 Å². The number of amides is 1. The first-order chi connectivity index (χ1) is 8.52. The second-order valence-electron chi connectivity index (χ2n) is 4.63. The fourth-order valence-electron chi connectivity index (χ4n) is 1.63. The molecule has 0 saturated heterocycles. The summed E-state index contributed by atoms with van der Waals surface area (Å²) in [7, 11) is 0. The third-order valence-electron chi connectivity index (χ3n) is 2.47. The van der Waals surface area contributed by atoms with Gasteiger partial charge < -0.3 is 5.32 Å². The van der Waals surface area contributed by atoms with E-state index < -0.39 is 0 Å². The van der Waals surface area contributed by atoms with Gasteiger partial charge in [0.15, 0.2) is 0 Å². The van der Waals surface area contributed by atoms with E-state index >= 15 is 0 Å². The van der Waals surface area contributed by atoms with E-state index in [0.717, 1.165) is 6.42 Å². The van der Waals surface area contributed by atoms with Crippen LogP contribution in [0.15, 0.2) is 24.3 Å². The number of benzene rings is 1. The van der Waals surface area contributed by atoms with Crippen LogP contribution in [0.25, 0.3) is 0 Å². The van der Waals surface area contributed by atoms with Gasteiger partial charge in [-0.1, -0.05) is 35.8 Å². The van der Waals surface area contributed by atoms with E-state index in [1.807, 2.05) is 6.07 Å². The van der Waals surface area contributed by atoms with E-state index in [1.165, 1.54) is 0 Å². The SMILES string of the molecule is CC(C)CC(Br)CNC(=O)c1cccc(C#N)c1. The number of hydrogen-bond donors (Lipinski definition) is 1. The van der Waals surface area contributed by atoms with Crippen LogP contribution in [-0.4, -0.2) is 17.3 Å². The Balaban J connectivity index is 2.53. The average molecular weight is 309 g/mol. The molecule has 1 unspecified atom stereocenters. The highest BCUT2D eigenvalue weighted by Gasteiger charge is 2.10. The van der Waals surface area contributed by atoms with Gasteiger partial charge >= 0.3 is 0 Å². The van der Waals surface area contributed by atoms with Crippen LogP contribution in [0.1, 0.15) is 36.2 Å². The average Bonchev–Trinajstić information content (AvgIpc) is 2.35. The molecule has 3 nitrogen and oxygen atoms in total. The molecule has 1 atom stereocenters. The third kappa shape index (κ3) is 4.89. The van der Waals surface area contributed by atoms with Gasteiger partial charge in [-0.2, -0.15) is 5.26 Å². The first-order valence-corrected chi connectivity index (χ1v) is 6.87. The van der Waals surface area contributed by atoms with E-state index in [4.69, 9.17) is 5.26 Å². The maximum absolute atomic E-state index is 11.9. The lowest BCUT2D eigenvalue weighted by Crippen LogP contribution is -2.30. The lowest BCUT2D eigenvalue weighted by molar-refractivity contribution is 0.0953. The van der Waals surface area contributed by atoms with Crippen molar-refractivity contribution in [2.24, 2.45) is 5.92 Å². The molecule has 0 saturated carbocycles. The third-order valence-corrected chi connectivity index (χ3v) is 3.16. The van der Waals surface area contributed by atoms with Gasteiger partial charge in [0.2, 0.25) is 0 Å². The molecular formula is C14H17BrN2O. The van der Waals surface area contributed by atoms with Crippen LogP contribution in [0.2, 0.25) is 0 Å². The fraction of sp³-hybridized carbons (Fsp3) is 0.429. The molecule has 0 spiro atoms. The molecule has 1 N–H and O–H groups in total. The molecule has 1 rings (SSSR count). The molecule has 96 valence electrons. The number of rotatable bonds is 5. The number of nitriles is 1. The Morgan fingerprint density at radius 2 is 2.22 bits per heavy atom. The minimum absolute atomic E-state index is 0.139. The summed E-state index contributed by atoms with van der Waals surface area (Å²) in [5, 5.41) is 11.6. The van der Waals surface area contributed by atoms with Gasteiger partial charge in [0.05, 0.1) is 11.6 Å². The van der Waals surface area contributed by atoms with Crippen molar-refractivity contribution in [1.82, 2.24) is 5.32 Å². The van der Waals surface area contributed by atoms with Crippen molar-refractivity contribution in [3.63, 3.8) is 0 Å². The van der Waals surface area contributed by atoms with Gasteiger partial charge in [-0.05, 0) is 30.5 Å². The van der Waals surface area contributed by atoms with E-state index in [1.54, 1.807) is 24.3 Å². The van der Waals surface area contributed by atoms with Crippen LogP contribution in [0.3, 0.4) is 0 Å². The van der Waals surface area contributed by atoms with Crippen molar-refractivity contribution in [3.8, 4) is 6.07 Å². The fourth-order valence-corrected chi connectivity index (χ4v) is 2.54. The van der Waals surface area contributed by atoms with Crippen molar-refractivity contribution in [3.05, 3.63) is 35.4 Å². The van der Waals surface area contributed by atoms with Crippen molar-refractivity contribution in [1.29, 1.82) is 5.26 Å². The molecule has 0 aliphatic carbocycles. The highest BCUT2D eigenvalue weighted by molar-refractivity contribution is 9.09. The quantitative estimate of drug-likeness (QED) is 0.850. The Morgan fingerprint density at radius 1 is 1.50 bits per heavy atom. The molecule has 0 fully saturated rings. The highest BCUT2D eigenvalue weighted by Crippen LogP contribution is 2.12. The standard InChI is InChI=1S/C14H17BrN2O/c1-10(2)6-13(15)9-17-14(18)12-5-3-4-11(7-12)8-16/h3-5,7,10,13H,6,9H2,1-2H3,(H,17,18). The molecule has 1 aromatic carbocycles. The van der Waals surface area contributed by atoms with Gasteiger partial charge in [0.1, 0.15) is 0 Å².